The van der Waals surface area contributed by atoms with Crippen LogP contribution in [0.1, 0.15) is 17.3 Å². The van der Waals surface area contributed by atoms with E-state index in [2.05, 4.69) is 24.0 Å². The van der Waals surface area contributed by atoms with E-state index in [0.717, 1.165) is 5.82 Å². The van der Waals surface area contributed by atoms with Crippen LogP contribution in [-0.2, 0) is 15.9 Å². The molecule has 1 saturated heterocycles. The van der Waals surface area contributed by atoms with E-state index in [9.17, 15) is 14.1 Å². The number of rotatable bonds is 4. The van der Waals surface area contributed by atoms with Crippen molar-refractivity contribution in [1.82, 2.24) is 9.88 Å². The Morgan fingerprint density at radius 1 is 1.16 bits per heavy atom. The molecular weight excluding hydrogens is 420 g/mol. The summed E-state index contributed by atoms with van der Waals surface area (Å²) in [6.45, 7) is 4.42. The number of para-hydroxylation sites is 1. The average molecular weight is 443 g/mol. The van der Waals surface area contributed by atoms with Crippen molar-refractivity contribution >= 4 is 40.3 Å². The zero-order valence-electron chi connectivity index (χ0n) is 16.9. The number of amides is 1. The lowest BCUT2D eigenvalue weighted by molar-refractivity contribution is 0.0743. The standard InChI is InChI=1S/C20H22N6O4S/c1-2-30-19-18(23-31(29)24-19)22-15-7-5-6-14(17(15)27)20(28)26-12-10-25(11-13-26)16-8-3-4-9-21-16/h3-9,27H,2,10-13H2,1H3,(H,22,23). The van der Waals surface area contributed by atoms with E-state index in [4.69, 9.17) is 4.74 Å². The molecule has 1 fully saturated rings. The first-order chi connectivity index (χ1) is 15.1. The van der Waals surface area contributed by atoms with E-state index < -0.39 is 11.2 Å². The van der Waals surface area contributed by atoms with Crippen molar-refractivity contribution in [3.63, 3.8) is 0 Å². The summed E-state index contributed by atoms with van der Waals surface area (Å²) in [5.41, 5.74) is 0.425. The summed E-state index contributed by atoms with van der Waals surface area (Å²) < 4.78 is 24.6. The van der Waals surface area contributed by atoms with E-state index in [0.29, 0.717) is 32.8 Å². The van der Waals surface area contributed by atoms with Gasteiger partial charge in [0, 0.05) is 32.4 Å². The number of nitrogens with zero attached hydrogens (tertiary/aromatic N) is 5. The molecule has 3 heterocycles. The first-order valence-electron chi connectivity index (χ1n) is 9.83. The quantitative estimate of drug-likeness (QED) is 0.690. The van der Waals surface area contributed by atoms with Crippen molar-refractivity contribution in [2.24, 2.45) is 8.80 Å². The first-order valence-corrected chi connectivity index (χ1v) is 10.9. The van der Waals surface area contributed by atoms with Crippen LogP contribution >= 0.6 is 0 Å². The highest BCUT2D eigenvalue weighted by Crippen LogP contribution is 2.29. The average Bonchev–Trinajstić information content (AvgIpc) is 3.14. The number of hydrogen-bond acceptors (Lipinski definition) is 7. The predicted octanol–water partition coefficient (Wildman–Crippen LogP) is 1.59. The molecular formula is C20H22N6O4S. The first kappa shape index (κ1) is 20.8. The van der Waals surface area contributed by atoms with Crippen molar-refractivity contribution in [1.29, 1.82) is 0 Å². The largest absolute Gasteiger partial charge is 0.505 e. The van der Waals surface area contributed by atoms with Gasteiger partial charge in [-0.3, -0.25) is 4.79 Å². The van der Waals surface area contributed by atoms with Crippen molar-refractivity contribution in [3.05, 3.63) is 48.2 Å². The van der Waals surface area contributed by atoms with Gasteiger partial charge in [0.1, 0.15) is 5.82 Å². The van der Waals surface area contributed by atoms with E-state index in [-0.39, 0.29) is 34.6 Å². The molecule has 4 rings (SSSR count). The number of aromatic hydroxyl groups is 1. The highest BCUT2D eigenvalue weighted by Gasteiger charge is 2.27. The maximum Gasteiger partial charge on any atom is 0.271 e. The van der Waals surface area contributed by atoms with E-state index >= 15 is 0 Å². The van der Waals surface area contributed by atoms with Crippen LogP contribution in [0.15, 0.2) is 51.4 Å². The SMILES string of the molecule is CCOC1=NS(=O)N=C1Nc1cccc(C(=O)N2CCN(c3ccccn3)CC2)c1O. The molecule has 2 N–H and O–H groups in total. The molecule has 1 atom stereocenters. The second-order valence-electron chi connectivity index (χ2n) is 6.79. The molecule has 0 radical (unpaired) electrons. The number of anilines is 2. The number of benzene rings is 1. The molecule has 0 saturated carbocycles. The number of piperazine rings is 1. The minimum Gasteiger partial charge on any atom is -0.505 e. The number of pyridine rings is 1. The topological polar surface area (TPSA) is 120 Å². The predicted molar refractivity (Wildman–Crippen MR) is 119 cm³/mol. The van der Waals surface area contributed by atoms with Crippen LogP contribution in [0.3, 0.4) is 0 Å². The normalized spacial score (nSPS) is 18.4. The summed E-state index contributed by atoms with van der Waals surface area (Å²) in [7, 11) is 0. The molecule has 31 heavy (non-hydrogen) atoms. The van der Waals surface area contributed by atoms with Gasteiger partial charge in [-0.15, -0.1) is 8.80 Å². The van der Waals surface area contributed by atoms with Gasteiger partial charge in [-0.25, -0.2) is 9.19 Å². The Morgan fingerprint density at radius 2 is 1.97 bits per heavy atom. The fourth-order valence-corrected chi connectivity index (χ4v) is 3.96. The molecule has 0 bridgehead atoms. The number of hydrogen-bond donors (Lipinski definition) is 2. The summed E-state index contributed by atoms with van der Waals surface area (Å²) in [4.78, 5) is 21.2. The van der Waals surface area contributed by atoms with Crippen LogP contribution in [-0.4, -0.2) is 69.6 Å². The van der Waals surface area contributed by atoms with Crippen molar-refractivity contribution < 1.29 is 18.8 Å². The van der Waals surface area contributed by atoms with Crippen molar-refractivity contribution in [2.75, 3.05) is 43.0 Å². The van der Waals surface area contributed by atoms with Gasteiger partial charge in [0.2, 0.25) is 5.84 Å². The van der Waals surface area contributed by atoms with E-state index in [1.54, 1.807) is 36.2 Å². The fourth-order valence-electron chi connectivity index (χ4n) is 3.35. The second-order valence-corrected chi connectivity index (χ2v) is 7.62. The molecule has 0 aliphatic carbocycles. The Bertz CT molecular complexity index is 1050. The van der Waals surface area contributed by atoms with Crippen LogP contribution < -0.4 is 10.2 Å². The third-order valence-electron chi connectivity index (χ3n) is 4.87. The number of phenols is 1. The van der Waals surface area contributed by atoms with Gasteiger partial charge < -0.3 is 25.0 Å². The molecule has 11 heteroatoms. The maximum absolute atomic E-state index is 13.0. The number of carbonyl (C=O) groups excluding carboxylic acids is 1. The third kappa shape index (κ3) is 4.50. The van der Waals surface area contributed by atoms with E-state index in [1.165, 1.54) is 0 Å². The molecule has 2 aromatic rings. The Kier molecular flexibility index (Phi) is 6.12. The molecule has 1 unspecified atom stereocenters. The van der Waals surface area contributed by atoms with Gasteiger partial charge in [-0.2, -0.15) is 0 Å². The molecule has 162 valence electrons. The Hall–Kier alpha value is -3.47. The monoisotopic (exact) mass is 442 g/mol. The molecule has 1 amide bonds. The molecule has 1 aromatic carbocycles. The van der Waals surface area contributed by atoms with Gasteiger partial charge in [-0.1, -0.05) is 12.1 Å². The number of aromatic nitrogens is 1. The smallest absolute Gasteiger partial charge is 0.271 e. The van der Waals surface area contributed by atoms with Crippen LogP contribution in [0.2, 0.25) is 0 Å². The summed E-state index contributed by atoms with van der Waals surface area (Å²) in [6.07, 6.45) is 1.75. The number of amidine groups is 1. The van der Waals surface area contributed by atoms with Crippen molar-refractivity contribution in [2.45, 2.75) is 6.92 Å². The van der Waals surface area contributed by atoms with E-state index in [1.807, 2.05) is 18.2 Å². The van der Waals surface area contributed by atoms with Crippen LogP contribution in [0.4, 0.5) is 11.5 Å². The lowest BCUT2D eigenvalue weighted by atomic mass is 10.1. The molecule has 1 aromatic heterocycles. The molecule has 10 nitrogen and oxygen atoms in total. The van der Waals surface area contributed by atoms with Gasteiger partial charge >= 0.3 is 0 Å². The summed E-state index contributed by atoms with van der Waals surface area (Å²) >= 11 is -1.78. The molecule has 2 aliphatic heterocycles. The second kappa shape index (κ2) is 9.13. The zero-order chi connectivity index (χ0) is 21.8. The third-order valence-corrected chi connectivity index (χ3v) is 5.53. The Morgan fingerprint density at radius 3 is 2.68 bits per heavy atom. The lowest BCUT2D eigenvalue weighted by Crippen LogP contribution is -2.49. The highest BCUT2D eigenvalue weighted by atomic mass is 32.2. The number of nitrogens with one attached hydrogen (secondary N) is 1. The summed E-state index contributed by atoms with van der Waals surface area (Å²) in [6, 6.07) is 10.6. The Labute approximate surface area is 182 Å². The van der Waals surface area contributed by atoms with Crippen molar-refractivity contribution in [3.8, 4) is 5.75 Å². The van der Waals surface area contributed by atoms with Crippen LogP contribution in [0, 0.1) is 0 Å². The summed E-state index contributed by atoms with van der Waals surface area (Å²) in [5.74, 6) is 0.644. The van der Waals surface area contributed by atoms with Crippen LogP contribution in [0.25, 0.3) is 0 Å². The molecule has 2 aliphatic rings. The fraction of sp³-hybridized carbons (Fsp3) is 0.300. The van der Waals surface area contributed by atoms with Crippen LogP contribution in [0.5, 0.6) is 5.75 Å². The Balaban J connectivity index is 1.46. The van der Waals surface area contributed by atoms with Gasteiger partial charge in [0.15, 0.2) is 5.75 Å². The maximum atomic E-state index is 13.0. The lowest BCUT2D eigenvalue weighted by Gasteiger charge is -2.35. The van der Waals surface area contributed by atoms with Gasteiger partial charge in [-0.05, 0) is 31.2 Å². The minimum absolute atomic E-state index is 0.0996. The molecule has 0 spiro atoms. The number of phenolic OH excluding ortho intramolecular Hbond substituents is 1. The summed E-state index contributed by atoms with van der Waals surface area (Å²) in [5, 5.41) is 13.6. The minimum atomic E-state index is -1.78. The van der Waals surface area contributed by atoms with Gasteiger partial charge in [0.25, 0.3) is 23.0 Å². The van der Waals surface area contributed by atoms with Gasteiger partial charge in [0.05, 0.1) is 17.9 Å². The number of ether oxygens (including phenoxy) is 1. The zero-order valence-corrected chi connectivity index (χ0v) is 17.7. The highest BCUT2D eigenvalue weighted by molar-refractivity contribution is 7.83. The number of carbonyl (C=O) groups is 1.